The van der Waals surface area contributed by atoms with E-state index in [-0.39, 0.29) is 0 Å². The number of aromatic nitrogens is 1. The molecule has 0 aliphatic rings. The average Bonchev–Trinajstić information content (AvgIpc) is 2.34. The first-order chi connectivity index (χ1) is 4.36. The van der Waals surface area contributed by atoms with Crippen molar-refractivity contribution in [3.05, 3.63) is 11.8 Å². The second-order valence-corrected chi connectivity index (χ2v) is 1.59. The van der Waals surface area contributed by atoms with E-state index in [1.807, 2.05) is 0 Å². The summed E-state index contributed by atoms with van der Waals surface area (Å²) in [6, 6.07) is 1.72. The molecule has 1 aromatic rings. The number of hydrogen-bond acceptors (Lipinski definition) is 3. The van der Waals surface area contributed by atoms with E-state index in [1.165, 1.54) is 0 Å². The lowest BCUT2D eigenvalue weighted by Gasteiger charge is -1.83. The number of methoxy groups -OCH3 is 1. The third-order valence-corrected chi connectivity index (χ3v) is 0.993. The molecule has 3 N–H and O–H groups in total. The van der Waals surface area contributed by atoms with Crippen LogP contribution in [0.3, 0.4) is 0 Å². The molecule has 0 aliphatic carbocycles. The fraction of sp³-hybridized carbons (Fsp3) is 0.400. The van der Waals surface area contributed by atoms with Crippen molar-refractivity contribution >= 4 is 0 Å². The van der Waals surface area contributed by atoms with Crippen molar-refractivity contribution < 1.29 is 15.0 Å². The molecule has 1 aromatic heterocycles. The molecule has 0 bridgehead atoms. The summed E-state index contributed by atoms with van der Waals surface area (Å²) in [5, 5.41) is 3.57. The fourth-order valence-electron chi connectivity index (χ4n) is 0.508. The van der Waals surface area contributed by atoms with Crippen molar-refractivity contribution in [3.8, 4) is 5.88 Å². The second-order valence-electron chi connectivity index (χ2n) is 1.59. The van der Waals surface area contributed by atoms with Crippen LogP contribution in [0.15, 0.2) is 10.6 Å². The third kappa shape index (κ3) is 1.20. The number of nitrogens with zero attached hydrogens (tertiary/aromatic N) is 1. The molecule has 0 saturated carbocycles. The Bertz CT molecular complexity index is 166. The lowest BCUT2D eigenvalue weighted by Crippen LogP contribution is -2.47. The van der Waals surface area contributed by atoms with Crippen molar-refractivity contribution in [2.24, 2.45) is 0 Å². The summed E-state index contributed by atoms with van der Waals surface area (Å²) in [6.45, 7) is 0.608. The van der Waals surface area contributed by atoms with Crippen LogP contribution < -0.4 is 10.5 Å². The molecule has 50 valence electrons. The Balaban J connectivity index is 2.74. The standard InChI is InChI=1S/C5H8N2O2/c1-8-5-2-4(3-6)9-7-5/h2H,3,6H2,1H3/p+1. The maximum absolute atomic E-state index is 4.77. The molecule has 0 aromatic carbocycles. The predicted molar refractivity (Wildman–Crippen MR) is 29.6 cm³/mol. The van der Waals surface area contributed by atoms with Crippen LogP contribution in [-0.4, -0.2) is 12.3 Å². The smallest absolute Gasteiger partial charge is 0.254 e. The van der Waals surface area contributed by atoms with E-state index < -0.39 is 0 Å². The van der Waals surface area contributed by atoms with Gasteiger partial charge < -0.3 is 15.0 Å². The molecule has 0 saturated heterocycles. The van der Waals surface area contributed by atoms with Crippen LogP contribution in [0.4, 0.5) is 0 Å². The number of quaternary nitrogens is 1. The van der Waals surface area contributed by atoms with Crippen molar-refractivity contribution in [2.75, 3.05) is 7.11 Å². The van der Waals surface area contributed by atoms with E-state index in [1.54, 1.807) is 13.2 Å². The van der Waals surface area contributed by atoms with Gasteiger partial charge in [0.25, 0.3) is 5.88 Å². The number of ether oxygens (including phenoxy) is 1. The Morgan fingerprint density at radius 2 is 2.67 bits per heavy atom. The summed E-state index contributed by atoms with van der Waals surface area (Å²) in [6.07, 6.45) is 0. The quantitative estimate of drug-likeness (QED) is 0.581. The monoisotopic (exact) mass is 129 g/mol. The SMILES string of the molecule is COc1cc(C[NH3+])on1. The highest BCUT2D eigenvalue weighted by Crippen LogP contribution is 2.08. The van der Waals surface area contributed by atoms with E-state index in [0.29, 0.717) is 12.4 Å². The molecule has 4 nitrogen and oxygen atoms in total. The van der Waals surface area contributed by atoms with Gasteiger partial charge in [0.1, 0.15) is 6.54 Å². The van der Waals surface area contributed by atoms with Gasteiger partial charge in [0, 0.05) is 0 Å². The Morgan fingerprint density at radius 1 is 1.89 bits per heavy atom. The molecule has 4 heteroatoms. The van der Waals surface area contributed by atoms with Crippen LogP contribution >= 0.6 is 0 Å². The van der Waals surface area contributed by atoms with Gasteiger partial charge >= 0.3 is 0 Å². The summed E-state index contributed by atoms with van der Waals surface area (Å²) in [7, 11) is 1.55. The van der Waals surface area contributed by atoms with Gasteiger partial charge in [-0.05, 0) is 5.16 Å². The highest BCUT2D eigenvalue weighted by molar-refractivity contribution is 5.09. The minimum Gasteiger partial charge on any atom is -0.479 e. The molecule has 0 spiro atoms. The maximum Gasteiger partial charge on any atom is 0.254 e. The van der Waals surface area contributed by atoms with Gasteiger partial charge in [-0.25, -0.2) is 0 Å². The van der Waals surface area contributed by atoms with Gasteiger partial charge in [0.2, 0.25) is 0 Å². The maximum atomic E-state index is 4.77. The molecular weight excluding hydrogens is 120 g/mol. The lowest BCUT2D eigenvalue weighted by molar-refractivity contribution is -0.390. The summed E-state index contributed by atoms with van der Waals surface area (Å²) in [5.41, 5.74) is 3.61. The average molecular weight is 129 g/mol. The first kappa shape index (κ1) is 6.10. The summed E-state index contributed by atoms with van der Waals surface area (Å²) >= 11 is 0. The molecule has 0 atom stereocenters. The van der Waals surface area contributed by atoms with Gasteiger partial charge in [-0.15, -0.1) is 0 Å². The highest BCUT2D eigenvalue weighted by Gasteiger charge is 2.00. The Morgan fingerprint density at radius 3 is 3.00 bits per heavy atom. The highest BCUT2D eigenvalue weighted by atomic mass is 16.5. The Kier molecular flexibility index (Phi) is 1.69. The molecule has 1 rings (SSSR count). The van der Waals surface area contributed by atoms with Gasteiger partial charge in [0.05, 0.1) is 13.2 Å². The minimum atomic E-state index is 0.508. The normalized spacial score (nSPS) is 9.56. The van der Waals surface area contributed by atoms with E-state index in [4.69, 9.17) is 9.26 Å². The lowest BCUT2D eigenvalue weighted by atomic mass is 10.5. The van der Waals surface area contributed by atoms with Crippen LogP contribution in [0.1, 0.15) is 5.76 Å². The van der Waals surface area contributed by atoms with Crippen LogP contribution in [0, 0.1) is 0 Å². The van der Waals surface area contributed by atoms with Crippen LogP contribution in [-0.2, 0) is 6.54 Å². The molecule has 0 amide bonds. The largest absolute Gasteiger partial charge is 0.479 e. The van der Waals surface area contributed by atoms with Gasteiger partial charge in [-0.1, -0.05) is 0 Å². The van der Waals surface area contributed by atoms with Crippen molar-refractivity contribution in [2.45, 2.75) is 6.54 Å². The third-order valence-electron chi connectivity index (χ3n) is 0.993. The van der Waals surface area contributed by atoms with Gasteiger partial charge in [-0.3, -0.25) is 0 Å². The number of hydrogen-bond donors (Lipinski definition) is 1. The second kappa shape index (κ2) is 2.50. The van der Waals surface area contributed by atoms with E-state index in [9.17, 15) is 0 Å². The summed E-state index contributed by atoms with van der Waals surface area (Å²) in [5.74, 6) is 1.25. The molecule has 0 fully saturated rings. The van der Waals surface area contributed by atoms with Crippen LogP contribution in [0.25, 0.3) is 0 Å². The zero-order valence-corrected chi connectivity index (χ0v) is 5.26. The van der Waals surface area contributed by atoms with Crippen molar-refractivity contribution in [3.63, 3.8) is 0 Å². The Labute approximate surface area is 52.6 Å². The van der Waals surface area contributed by atoms with Crippen molar-refractivity contribution in [1.29, 1.82) is 0 Å². The van der Waals surface area contributed by atoms with Gasteiger partial charge in [-0.2, -0.15) is 0 Å². The van der Waals surface area contributed by atoms with E-state index >= 15 is 0 Å². The summed E-state index contributed by atoms with van der Waals surface area (Å²) < 4.78 is 9.53. The molecular formula is C5H9N2O2+. The topological polar surface area (TPSA) is 62.9 Å². The molecule has 0 aliphatic heterocycles. The zero-order chi connectivity index (χ0) is 6.69. The van der Waals surface area contributed by atoms with Crippen LogP contribution in [0.2, 0.25) is 0 Å². The molecule has 1 heterocycles. The first-order valence-corrected chi connectivity index (χ1v) is 2.65. The van der Waals surface area contributed by atoms with Crippen molar-refractivity contribution in [1.82, 2.24) is 5.16 Å². The Hall–Kier alpha value is -1.03. The van der Waals surface area contributed by atoms with E-state index in [2.05, 4.69) is 10.9 Å². The molecule has 0 radical (unpaired) electrons. The van der Waals surface area contributed by atoms with Crippen LogP contribution in [0.5, 0.6) is 5.88 Å². The van der Waals surface area contributed by atoms with Gasteiger partial charge in [0.15, 0.2) is 5.76 Å². The molecule has 0 unspecified atom stereocenters. The predicted octanol–water partition coefficient (Wildman–Crippen LogP) is -0.575. The summed E-state index contributed by atoms with van der Waals surface area (Å²) in [4.78, 5) is 0. The van der Waals surface area contributed by atoms with E-state index in [0.717, 1.165) is 5.76 Å². The number of rotatable bonds is 2. The minimum absolute atomic E-state index is 0.508. The molecule has 9 heavy (non-hydrogen) atoms. The fourth-order valence-corrected chi connectivity index (χ4v) is 0.508. The first-order valence-electron chi connectivity index (χ1n) is 2.65. The zero-order valence-electron chi connectivity index (χ0n) is 5.26.